The number of hydrogen-bond acceptors (Lipinski definition) is 4. The fourth-order valence-corrected chi connectivity index (χ4v) is 3.49. The Balaban J connectivity index is 1.41. The Morgan fingerprint density at radius 2 is 1.85 bits per heavy atom. The molecule has 2 saturated heterocycles. The lowest BCUT2D eigenvalue weighted by molar-refractivity contribution is 0.142. The molecule has 0 amide bonds. The first-order valence-electron chi connectivity index (χ1n) is 8.04. The largest absolute Gasteiger partial charge is 0.468 e. The first-order valence-corrected chi connectivity index (χ1v) is 8.04. The average molecular weight is 277 g/mol. The van der Waals surface area contributed by atoms with Crippen LogP contribution in [0.4, 0.5) is 0 Å². The van der Waals surface area contributed by atoms with Gasteiger partial charge in [0, 0.05) is 18.7 Å². The van der Waals surface area contributed by atoms with Crippen molar-refractivity contribution >= 4 is 0 Å². The second kappa shape index (κ2) is 6.74. The molecule has 0 saturated carbocycles. The van der Waals surface area contributed by atoms with Gasteiger partial charge in [0.25, 0.3) is 0 Å². The van der Waals surface area contributed by atoms with Crippen molar-refractivity contribution in [3.63, 3.8) is 0 Å². The van der Waals surface area contributed by atoms with Crippen LogP contribution in [0, 0.1) is 5.92 Å². The lowest BCUT2D eigenvalue weighted by Gasteiger charge is -2.33. The fraction of sp³-hybridized carbons (Fsp3) is 0.750. The molecule has 112 valence electrons. The van der Waals surface area contributed by atoms with E-state index in [-0.39, 0.29) is 0 Å². The summed E-state index contributed by atoms with van der Waals surface area (Å²) in [5.41, 5.74) is 6.71. The molecular formula is C16H27N3O. The molecular weight excluding hydrogens is 250 g/mol. The molecule has 20 heavy (non-hydrogen) atoms. The molecule has 0 radical (unpaired) electrons. The van der Waals surface area contributed by atoms with Crippen molar-refractivity contribution in [2.24, 2.45) is 11.7 Å². The summed E-state index contributed by atoms with van der Waals surface area (Å²) in [4.78, 5) is 5.17. The van der Waals surface area contributed by atoms with Crippen molar-refractivity contribution in [2.75, 3.05) is 32.7 Å². The fourth-order valence-electron chi connectivity index (χ4n) is 3.49. The number of furan rings is 1. The van der Waals surface area contributed by atoms with E-state index in [2.05, 4.69) is 15.9 Å². The van der Waals surface area contributed by atoms with Crippen LogP contribution in [0.1, 0.15) is 37.0 Å². The zero-order chi connectivity index (χ0) is 13.8. The molecule has 2 N–H and O–H groups in total. The van der Waals surface area contributed by atoms with Crippen LogP contribution >= 0.6 is 0 Å². The zero-order valence-electron chi connectivity index (χ0n) is 12.4. The van der Waals surface area contributed by atoms with E-state index in [1.807, 2.05) is 0 Å². The monoisotopic (exact) mass is 277 g/mol. The maximum Gasteiger partial charge on any atom is 0.118 e. The SMILES string of the molecule is NCc1coc(CN2CCC(CN3CCCC3)CC2)c1. The van der Waals surface area contributed by atoms with Crippen LogP contribution in [-0.2, 0) is 13.1 Å². The van der Waals surface area contributed by atoms with Gasteiger partial charge in [0.2, 0.25) is 0 Å². The van der Waals surface area contributed by atoms with Gasteiger partial charge >= 0.3 is 0 Å². The van der Waals surface area contributed by atoms with E-state index in [1.165, 1.54) is 58.4 Å². The highest BCUT2D eigenvalue weighted by Crippen LogP contribution is 2.22. The van der Waals surface area contributed by atoms with Crippen LogP contribution in [0.15, 0.2) is 16.7 Å². The lowest BCUT2D eigenvalue weighted by Crippen LogP contribution is -2.37. The van der Waals surface area contributed by atoms with Gasteiger partial charge in [-0.15, -0.1) is 0 Å². The summed E-state index contributed by atoms with van der Waals surface area (Å²) < 4.78 is 5.56. The van der Waals surface area contributed by atoms with Crippen molar-refractivity contribution < 1.29 is 4.42 Å². The molecule has 0 aliphatic carbocycles. The highest BCUT2D eigenvalue weighted by atomic mass is 16.3. The first kappa shape index (κ1) is 14.1. The normalized spacial score (nSPS) is 22.6. The Bertz CT molecular complexity index is 404. The van der Waals surface area contributed by atoms with Gasteiger partial charge in [-0.1, -0.05) is 0 Å². The van der Waals surface area contributed by atoms with Crippen LogP contribution in [0.3, 0.4) is 0 Å². The molecule has 0 bridgehead atoms. The quantitative estimate of drug-likeness (QED) is 0.894. The van der Waals surface area contributed by atoms with E-state index in [1.54, 1.807) is 6.26 Å². The van der Waals surface area contributed by atoms with Crippen molar-refractivity contribution in [2.45, 2.75) is 38.8 Å². The second-order valence-corrected chi connectivity index (χ2v) is 6.35. The van der Waals surface area contributed by atoms with Gasteiger partial charge in [-0.3, -0.25) is 4.90 Å². The minimum absolute atomic E-state index is 0.571. The predicted molar refractivity (Wildman–Crippen MR) is 80.3 cm³/mol. The average Bonchev–Trinajstić information content (AvgIpc) is 3.12. The van der Waals surface area contributed by atoms with Crippen LogP contribution < -0.4 is 5.73 Å². The molecule has 2 aliphatic rings. The van der Waals surface area contributed by atoms with Crippen LogP contribution in [0.25, 0.3) is 0 Å². The van der Waals surface area contributed by atoms with E-state index in [4.69, 9.17) is 10.2 Å². The zero-order valence-corrected chi connectivity index (χ0v) is 12.4. The number of likely N-dealkylation sites (tertiary alicyclic amines) is 2. The van der Waals surface area contributed by atoms with Crippen molar-refractivity contribution in [1.29, 1.82) is 0 Å². The standard InChI is InChI=1S/C16H27N3O/c17-10-15-9-16(20-13-15)12-19-7-3-14(4-8-19)11-18-5-1-2-6-18/h9,13-14H,1-8,10-12,17H2. The Kier molecular flexibility index (Phi) is 4.76. The van der Waals surface area contributed by atoms with E-state index < -0.39 is 0 Å². The third kappa shape index (κ3) is 3.62. The Morgan fingerprint density at radius 3 is 2.50 bits per heavy atom. The maximum atomic E-state index is 5.61. The van der Waals surface area contributed by atoms with E-state index >= 15 is 0 Å². The Hall–Kier alpha value is -0.840. The minimum atomic E-state index is 0.571. The summed E-state index contributed by atoms with van der Waals surface area (Å²) in [5.74, 6) is 1.96. The highest BCUT2D eigenvalue weighted by molar-refractivity contribution is 5.12. The van der Waals surface area contributed by atoms with E-state index in [0.29, 0.717) is 6.54 Å². The molecule has 3 heterocycles. The summed E-state index contributed by atoms with van der Waals surface area (Å²) in [6, 6.07) is 2.09. The molecule has 0 spiro atoms. The van der Waals surface area contributed by atoms with Crippen LogP contribution in [0.2, 0.25) is 0 Å². The molecule has 0 unspecified atom stereocenters. The molecule has 2 aliphatic heterocycles. The third-order valence-electron chi connectivity index (χ3n) is 4.75. The molecule has 0 atom stereocenters. The smallest absolute Gasteiger partial charge is 0.118 e. The highest BCUT2D eigenvalue weighted by Gasteiger charge is 2.23. The molecule has 4 nitrogen and oxygen atoms in total. The molecule has 2 fully saturated rings. The second-order valence-electron chi connectivity index (χ2n) is 6.35. The number of nitrogens with two attached hydrogens (primary N) is 1. The van der Waals surface area contributed by atoms with Crippen molar-refractivity contribution in [3.8, 4) is 0 Å². The topological polar surface area (TPSA) is 45.6 Å². The van der Waals surface area contributed by atoms with Crippen molar-refractivity contribution in [1.82, 2.24) is 9.80 Å². The van der Waals surface area contributed by atoms with Gasteiger partial charge in [-0.25, -0.2) is 0 Å². The molecule has 1 aromatic heterocycles. The summed E-state index contributed by atoms with van der Waals surface area (Å²) in [6.45, 7) is 7.90. The molecule has 3 rings (SSSR count). The van der Waals surface area contributed by atoms with Gasteiger partial charge in [-0.05, 0) is 63.8 Å². The van der Waals surface area contributed by atoms with E-state index in [9.17, 15) is 0 Å². The van der Waals surface area contributed by atoms with Gasteiger partial charge in [-0.2, -0.15) is 0 Å². The lowest BCUT2D eigenvalue weighted by atomic mass is 9.96. The minimum Gasteiger partial charge on any atom is -0.468 e. The van der Waals surface area contributed by atoms with E-state index in [0.717, 1.165) is 23.8 Å². The first-order chi connectivity index (χ1) is 9.83. The molecule has 4 heteroatoms. The Morgan fingerprint density at radius 1 is 1.10 bits per heavy atom. The van der Waals surface area contributed by atoms with Gasteiger partial charge < -0.3 is 15.1 Å². The van der Waals surface area contributed by atoms with Gasteiger partial charge in [0.15, 0.2) is 0 Å². The summed E-state index contributed by atoms with van der Waals surface area (Å²) in [5, 5.41) is 0. The number of nitrogens with zero attached hydrogens (tertiary/aromatic N) is 2. The number of rotatable bonds is 5. The van der Waals surface area contributed by atoms with Gasteiger partial charge in [0.05, 0.1) is 12.8 Å². The van der Waals surface area contributed by atoms with Gasteiger partial charge in [0.1, 0.15) is 5.76 Å². The van der Waals surface area contributed by atoms with Crippen LogP contribution in [0.5, 0.6) is 0 Å². The number of piperidine rings is 1. The predicted octanol–water partition coefficient (Wildman–Crippen LogP) is 2.05. The maximum absolute atomic E-state index is 5.61. The van der Waals surface area contributed by atoms with Crippen molar-refractivity contribution in [3.05, 3.63) is 23.7 Å². The molecule has 0 aromatic carbocycles. The summed E-state index contributed by atoms with van der Waals surface area (Å²) in [7, 11) is 0. The van der Waals surface area contributed by atoms with Crippen LogP contribution in [-0.4, -0.2) is 42.5 Å². The third-order valence-corrected chi connectivity index (χ3v) is 4.75. The summed E-state index contributed by atoms with van der Waals surface area (Å²) in [6.07, 6.45) is 7.26. The molecule has 1 aromatic rings. The summed E-state index contributed by atoms with van der Waals surface area (Å²) >= 11 is 0. The number of hydrogen-bond donors (Lipinski definition) is 1. The Labute approximate surface area is 121 Å².